The van der Waals surface area contributed by atoms with Gasteiger partial charge in [-0.2, -0.15) is 0 Å². The van der Waals surface area contributed by atoms with Crippen LogP contribution in [-0.4, -0.2) is 10.1 Å². The molecule has 3 nitrogen and oxygen atoms in total. The third kappa shape index (κ3) is 3.22. The highest BCUT2D eigenvalue weighted by molar-refractivity contribution is 6.32. The molecule has 0 saturated heterocycles. The molecule has 1 atom stereocenters. The minimum atomic E-state index is -0.531. The zero-order valence-electron chi connectivity index (χ0n) is 10.0. The maximum absolute atomic E-state index is 9.44. The van der Waals surface area contributed by atoms with Crippen molar-refractivity contribution in [3.8, 4) is 5.75 Å². The normalized spacial score (nSPS) is 12.2. The maximum atomic E-state index is 9.44. The van der Waals surface area contributed by atoms with Gasteiger partial charge in [-0.25, -0.2) is 0 Å². The van der Waals surface area contributed by atoms with Crippen molar-refractivity contribution in [3.05, 3.63) is 58.9 Å². The molecule has 2 rings (SSSR count). The van der Waals surface area contributed by atoms with Gasteiger partial charge in [-0.05, 0) is 42.3 Å². The molecular weight excluding hydrogens is 250 g/mol. The summed E-state index contributed by atoms with van der Waals surface area (Å²) in [6.07, 6.45) is 2.91. The van der Waals surface area contributed by atoms with E-state index in [9.17, 15) is 5.11 Å². The molecule has 0 spiro atoms. The van der Waals surface area contributed by atoms with Gasteiger partial charge in [0.25, 0.3) is 0 Å². The number of halogens is 1. The highest BCUT2D eigenvalue weighted by atomic mass is 35.5. The number of benzene rings is 1. The standard InChI is InChI=1S/C14H14ClNO2/c1-10(17)12-2-3-14(13(15)8-12)18-9-11-4-6-16-7-5-11/h2-8,10,17H,9H2,1H3/t10-/m0/s1. The Bertz CT molecular complexity index is 514. The van der Waals surface area contributed by atoms with E-state index in [1.54, 1.807) is 37.5 Å². The lowest BCUT2D eigenvalue weighted by Gasteiger charge is -2.10. The minimum absolute atomic E-state index is 0.441. The number of ether oxygens (including phenoxy) is 1. The first-order valence-electron chi connectivity index (χ1n) is 5.66. The molecule has 0 amide bonds. The Labute approximate surface area is 111 Å². The summed E-state index contributed by atoms with van der Waals surface area (Å²) in [4.78, 5) is 3.94. The van der Waals surface area contributed by atoms with Crippen molar-refractivity contribution in [2.75, 3.05) is 0 Å². The van der Waals surface area contributed by atoms with Gasteiger partial charge in [-0.3, -0.25) is 4.98 Å². The Hall–Kier alpha value is -1.58. The number of aliphatic hydroxyl groups is 1. The summed E-state index contributed by atoms with van der Waals surface area (Å²) in [5.74, 6) is 0.609. The van der Waals surface area contributed by atoms with Crippen LogP contribution in [0.4, 0.5) is 0 Å². The molecule has 0 unspecified atom stereocenters. The SMILES string of the molecule is C[C@H](O)c1ccc(OCc2ccncc2)c(Cl)c1. The first-order chi connectivity index (χ1) is 8.66. The van der Waals surface area contributed by atoms with Crippen LogP contribution < -0.4 is 4.74 Å². The van der Waals surface area contributed by atoms with E-state index < -0.39 is 6.10 Å². The number of aliphatic hydroxyl groups excluding tert-OH is 1. The summed E-state index contributed by atoms with van der Waals surface area (Å²) in [6.45, 7) is 2.14. The van der Waals surface area contributed by atoms with Gasteiger partial charge in [-0.1, -0.05) is 17.7 Å². The zero-order chi connectivity index (χ0) is 13.0. The Morgan fingerprint density at radius 2 is 2.00 bits per heavy atom. The molecule has 0 bridgehead atoms. The molecule has 0 fully saturated rings. The highest BCUT2D eigenvalue weighted by Gasteiger charge is 2.06. The number of nitrogens with zero attached hydrogens (tertiary/aromatic N) is 1. The van der Waals surface area contributed by atoms with E-state index in [2.05, 4.69) is 4.98 Å². The number of hydrogen-bond acceptors (Lipinski definition) is 3. The second-order valence-corrected chi connectivity index (χ2v) is 4.42. The predicted octanol–water partition coefficient (Wildman–Crippen LogP) is 3.37. The average molecular weight is 264 g/mol. The number of pyridine rings is 1. The van der Waals surface area contributed by atoms with Gasteiger partial charge in [0.1, 0.15) is 12.4 Å². The quantitative estimate of drug-likeness (QED) is 0.920. The summed E-state index contributed by atoms with van der Waals surface area (Å²) < 4.78 is 5.62. The van der Waals surface area contributed by atoms with Crippen LogP contribution in [-0.2, 0) is 6.61 Å². The van der Waals surface area contributed by atoms with Gasteiger partial charge in [0.15, 0.2) is 0 Å². The van der Waals surface area contributed by atoms with E-state index in [1.165, 1.54) is 0 Å². The summed E-state index contributed by atoms with van der Waals surface area (Å²) >= 11 is 6.09. The largest absolute Gasteiger partial charge is 0.487 e. The molecule has 1 aromatic heterocycles. The second kappa shape index (κ2) is 5.85. The van der Waals surface area contributed by atoms with Gasteiger partial charge in [0.2, 0.25) is 0 Å². The minimum Gasteiger partial charge on any atom is -0.487 e. The van der Waals surface area contributed by atoms with Gasteiger partial charge in [-0.15, -0.1) is 0 Å². The van der Waals surface area contributed by atoms with E-state index >= 15 is 0 Å². The summed E-state index contributed by atoms with van der Waals surface area (Å²) in [7, 11) is 0. The van der Waals surface area contributed by atoms with Crippen molar-refractivity contribution in [1.82, 2.24) is 4.98 Å². The molecule has 0 saturated carbocycles. The molecule has 0 aliphatic rings. The van der Waals surface area contributed by atoms with Gasteiger partial charge in [0, 0.05) is 12.4 Å². The Balaban J connectivity index is 2.06. The van der Waals surface area contributed by atoms with Crippen LogP contribution in [0, 0.1) is 0 Å². The predicted molar refractivity (Wildman–Crippen MR) is 70.7 cm³/mol. The summed E-state index contributed by atoms with van der Waals surface area (Å²) in [5, 5.41) is 9.94. The van der Waals surface area contributed by atoms with Crippen molar-refractivity contribution in [2.24, 2.45) is 0 Å². The second-order valence-electron chi connectivity index (χ2n) is 4.01. The molecule has 1 aromatic carbocycles. The van der Waals surface area contributed by atoms with E-state index in [4.69, 9.17) is 16.3 Å². The van der Waals surface area contributed by atoms with Crippen molar-refractivity contribution in [2.45, 2.75) is 19.6 Å². The molecule has 4 heteroatoms. The Kier molecular flexibility index (Phi) is 4.18. The topological polar surface area (TPSA) is 42.4 Å². The smallest absolute Gasteiger partial charge is 0.138 e. The third-order valence-electron chi connectivity index (χ3n) is 2.58. The van der Waals surface area contributed by atoms with Crippen LogP contribution >= 0.6 is 11.6 Å². The summed E-state index contributed by atoms with van der Waals surface area (Å²) in [6, 6.07) is 9.06. The number of rotatable bonds is 4. The molecule has 2 aromatic rings. The van der Waals surface area contributed by atoms with Crippen molar-refractivity contribution in [1.29, 1.82) is 0 Å². The van der Waals surface area contributed by atoms with E-state index in [0.717, 1.165) is 11.1 Å². The van der Waals surface area contributed by atoms with Crippen LogP contribution in [0.1, 0.15) is 24.2 Å². The molecule has 1 heterocycles. The van der Waals surface area contributed by atoms with Gasteiger partial charge >= 0.3 is 0 Å². The molecule has 18 heavy (non-hydrogen) atoms. The third-order valence-corrected chi connectivity index (χ3v) is 2.88. The lowest BCUT2D eigenvalue weighted by Crippen LogP contribution is -1.97. The van der Waals surface area contributed by atoms with Crippen molar-refractivity contribution >= 4 is 11.6 Å². The Morgan fingerprint density at radius 1 is 1.28 bits per heavy atom. The highest BCUT2D eigenvalue weighted by Crippen LogP contribution is 2.28. The molecule has 94 valence electrons. The van der Waals surface area contributed by atoms with Crippen LogP contribution in [0.25, 0.3) is 0 Å². The van der Waals surface area contributed by atoms with Crippen molar-refractivity contribution in [3.63, 3.8) is 0 Å². The molecule has 1 N–H and O–H groups in total. The molecule has 0 radical (unpaired) electrons. The van der Waals surface area contributed by atoms with Crippen molar-refractivity contribution < 1.29 is 9.84 Å². The number of hydrogen-bond donors (Lipinski definition) is 1. The van der Waals surface area contributed by atoms with Gasteiger partial charge in [0.05, 0.1) is 11.1 Å². The summed E-state index contributed by atoms with van der Waals surface area (Å²) in [5.41, 5.74) is 1.80. The fourth-order valence-corrected chi connectivity index (χ4v) is 1.78. The van der Waals surface area contributed by atoms with Crippen LogP contribution in [0.15, 0.2) is 42.7 Å². The van der Waals surface area contributed by atoms with E-state index in [1.807, 2.05) is 12.1 Å². The number of aromatic nitrogens is 1. The monoisotopic (exact) mass is 263 g/mol. The maximum Gasteiger partial charge on any atom is 0.138 e. The Morgan fingerprint density at radius 3 is 2.61 bits per heavy atom. The van der Waals surface area contributed by atoms with Crippen LogP contribution in [0.3, 0.4) is 0 Å². The lowest BCUT2D eigenvalue weighted by molar-refractivity contribution is 0.199. The first-order valence-corrected chi connectivity index (χ1v) is 6.04. The molecule has 0 aliphatic carbocycles. The van der Waals surface area contributed by atoms with E-state index in [-0.39, 0.29) is 0 Å². The zero-order valence-corrected chi connectivity index (χ0v) is 10.8. The first kappa shape index (κ1) is 12.9. The van der Waals surface area contributed by atoms with Crippen LogP contribution in [0.5, 0.6) is 5.75 Å². The average Bonchev–Trinajstić information content (AvgIpc) is 2.38. The van der Waals surface area contributed by atoms with Crippen LogP contribution in [0.2, 0.25) is 5.02 Å². The lowest BCUT2D eigenvalue weighted by atomic mass is 10.1. The molecular formula is C14H14ClNO2. The fraction of sp³-hybridized carbons (Fsp3) is 0.214. The molecule has 0 aliphatic heterocycles. The fourth-order valence-electron chi connectivity index (χ4n) is 1.53. The van der Waals surface area contributed by atoms with E-state index in [0.29, 0.717) is 17.4 Å². The van der Waals surface area contributed by atoms with Gasteiger partial charge < -0.3 is 9.84 Å².